The molecule has 0 heterocycles. The molecule has 0 bridgehead atoms. The largest absolute Gasteiger partial charge is 0.278 e. The molecule has 108 valence electrons. The standard InChI is InChI=1S/C13H7BrCl2N2O2S/c14-9-1-4-13(8(5-9)7-17)18-21(19,20)10-2-3-11(15)12(16)6-10/h1-6,18H. The fourth-order valence-corrected chi connectivity index (χ4v) is 3.38. The van der Waals surface area contributed by atoms with Crippen LogP contribution in [0.3, 0.4) is 0 Å². The summed E-state index contributed by atoms with van der Waals surface area (Å²) >= 11 is 14.8. The van der Waals surface area contributed by atoms with E-state index in [1.54, 1.807) is 6.07 Å². The molecule has 8 heteroatoms. The van der Waals surface area contributed by atoms with E-state index in [1.807, 2.05) is 6.07 Å². The van der Waals surface area contributed by atoms with Crippen molar-refractivity contribution in [3.05, 3.63) is 56.5 Å². The monoisotopic (exact) mass is 404 g/mol. The van der Waals surface area contributed by atoms with E-state index in [2.05, 4.69) is 20.7 Å². The van der Waals surface area contributed by atoms with Crippen molar-refractivity contribution in [2.24, 2.45) is 0 Å². The molecule has 0 aliphatic rings. The molecule has 2 rings (SSSR count). The number of benzene rings is 2. The summed E-state index contributed by atoms with van der Waals surface area (Å²) < 4.78 is 27.6. The second-order valence-corrected chi connectivity index (χ2v) is 7.40. The summed E-state index contributed by atoms with van der Waals surface area (Å²) in [7, 11) is -3.86. The van der Waals surface area contributed by atoms with Gasteiger partial charge in [-0.1, -0.05) is 39.1 Å². The van der Waals surface area contributed by atoms with Crippen LogP contribution in [0.5, 0.6) is 0 Å². The summed E-state index contributed by atoms with van der Waals surface area (Å²) in [5.74, 6) is 0. The average Bonchev–Trinajstić information content (AvgIpc) is 2.43. The van der Waals surface area contributed by atoms with E-state index >= 15 is 0 Å². The number of anilines is 1. The zero-order valence-electron chi connectivity index (χ0n) is 10.3. The highest BCUT2D eigenvalue weighted by Crippen LogP contribution is 2.27. The quantitative estimate of drug-likeness (QED) is 0.820. The minimum Gasteiger partial charge on any atom is -0.278 e. The molecule has 0 fully saturated rings. The van der Waals surface area contributed by atoms with Crippen molar-refractivity contribution < 1.29 is 8.42 Å². The third-order valence-electron chi connectivity index (χ3n) is 2.55. The van der Waals surface area contributed by atoms with Crippen LogP contribution in [0.25, 0.3) is 0 Å². The molecule has 0 aromatic heterocycles. The minimum atomic E-state index is -3.86. The normalized spacial score (nSPS) is 11.0. The SMILES string of the molecule is N#Cc1cc(Br)ccc1NS(=O)(=O)c1ccc(Cl)c(Cl)c1. The van der Waals surface area contributed by atoms with E-state index in [4.69, 9.17) is 28.5 Å². The molecular weight excluding hydrogens is 399 g/mol. The first-order valence-corrected chi connectivity index (χ1v) is 8.54. The van der Waals surface area contributed by atoms with E-state index in [0.717, 1.165) is 0 Å². The topological polar surface area (TPSA) is 70.0 Å². The highest BCUT2D eigenvalue weighted by Gasteiger charge is 2.17. The Morgan fingerprint density at radius 3 is 2.43 bits per heavy atom. The van der Waals surface area contributed by atoms with Gasteiger partial charge in [-0.05, 0) is 36.4 Å². The molecule has 0 aliphatic heterocycles. The molecule has 0 aliphatic carbocycles. The number of halogens is 3. The highest BCUT2D eigenvalue weighted by atomic mass is 79.9. The number of rotatable bonds is 3. The van der Waals surface area contributed by atoms with E-state index in [-0.39, 0.29) is 26.2 Å². The molecule has 0 amide bonds. The Morgan fingerprint density at radius 2 is 1.81 bits per heavy atom. The summed E-state index contributed by atoms with van der Waals surface area (Å²) in [5.41, 5.74) is 0.389. The lowest BCUT2D eigenvalue weighted by Crippen LogP contribution is -2.13. The molecule has 0 atom stereocenters. The molecule has 2 aromatic rings. The van der Waals surface area contributed by atoms with Gasteiger partial charge in [0.15, 0.2) is 0 Å². The third-order valence-corrected chi connectivity index (χ3v) is 5.14. The van der Waals surface area contributed by atoms with Gasteiger partial charge in [-0.2, -0.15) is 5.26 Å². The fourth-order valence-electron chi connectivity index (χ4n) is 1.55. The van der Waals surface area contributed by atoms with Gasteiger partial charge in [-0.3, -0.25) is 4.72 Å². The first-order chi connectivity index (χ1) is 9.83. The Morgan fingerprint density at radius 1 is 1.10 bits per heavy atom. The number of sulfonamides is 1. The van der Waals surface area contributed by atoms with E-state index in [9.17, 15) is 8.42 Å². The predicted molar refractivity (Wildman–Crippen MR) is 86.1 cm³/mol. The van der Waals surface area contributed by atoms with Gasteiger partial charge in [0.2, 0.25) is 0 Å². The second-order valence-electron chi connectivity index (χ2n) is 3.98. The maximum atomic E-state index is 12.3. The maximum absolute atomic E-state index is 12.3. The first-order valence-electron chi connectivity index (χ1n) is 5.51. The Balaban J connectivity index is 2.42. The van der Waals surface area contributed by atoms with Crippen molar-refractivity contribution in [3.63, 3.8) is 0 Å². The third kappa shape index (κ3) is 3.69. The second kappa shape index (κ2) is 6.24. The average molecular weight is 406 g/mol. The van der Waals surface area contributed by atoms with Gasteiger partial charge < -0.3 is 0 Å². The van der Waals surface area contributed by atoms with Gasteiger partial charge in [0.05, 0.1) is 26.2 Å². The van der Waals surface area contributed by atoms with Crippen LogP contribution in [0.4, 0.5) is 5.69 Å². The van der Waals surface area contributed by atoms with Crippen molar-refractivity contribution in [2.75, 3.05) is 4.72 Å². The minimum absolute atomic E-state index is 0.0382. The molecule has 0 radical (unpaired) electrons. The molecule has 2 aromatic carbocycles. The Kier molecular flexibility index (Phi) is 4.79. The van der Waals surface area contributed by atoms with Gasteiger partial charge >= 0.3 is 0 Å². The molecule has 0 saturated carbocycles. The van der Waals surface area contributed by atoms with Gasteiger partial charge in [0, 0.05) is 4.47 Å². The van der Waals surface area contributed by atoms with Crippen LogP contribution in [0.1, 0.15) is 5.56 Å². The van der Waals surface area contributed by atoms with Crippen LogP contribution in [-0.2, 0) is 10.0 Å². The van der Waals surface area contributed by atoms with Crippen LogP contribution >= 0.6 is 39.1 Å². The molecule has 0 spiro atoms. The number of nitrogens with one attached hydrogen (secondary N) is 1. The zero-order valence-corrected chi connectivity index (χ0v) is 14.2. The van der Waals surface area contributed by atoms with E-state index in [0.29, 0.717) is 4.47 Å². The summed E-state index contributed by atoms with van der Waals surface area (Å²) in [6.45, 7) is 0. The van der Waals surface area contributed by atoms with Crippen LogP contribution in [0.15, 0.2) is 45.8 Å². The van der Waals surface area contributed by atoms with Crippen molar-refractivity contribution in [1.29, 1.82) is 5.26 Å². The van der Waals surface area contributed by atoms with E-state index in [1.165, 1.54) is 30.3 Å². The van der Waals surface area contributed by atoms with Gasteiger partial charge in [0.1, 0.15) is 6.07 Å². The van der Waals surface area contributed by atoms with Crippen LogP contribution in [0.2, 0.25) is 10.0 Å². The van der Waals surface area contributed by atoms with Gasteiger partial charge in [-0.25, -0.2) is 8.42 Å². The molecule has 21 heavy (non-hydrogen) atoms. The van der Waals surface area contributed by atoms with Gasteiger partial charge in [-0.15, -0.1) is 0 Å². The molecule has 0 saturated heterocycles. The molecular formula is C13H7BrCl2N2O2S. The molecule has 1 N–H and O–H groups in total. The molecule has 0 unspecified atom stereocenters. The van der Waals surface area contributed by atoms with Crippen molar-refractivity contribution >= 4 is 54.8 Å². The molecule has 4 nitrogen and oxygen atoms in total. The lowest BCUT2D eigenvalue weighted by atomic mass is 10.2. The first kappa shape index (κ1) is 16.1. The lowest BCUT2D eigenvalue weighted by Gasteiger charge is -2.10. The van der Waals surface area contributed by atoms with Crippen LogP contribution < -0.4 is 4.72 Å². The number of nitrogens with zero attached hydrogens (tertiary/aromatic N) is 1. The Labute approximate surface area is 140 Å². The number of hydrogen-bond donors (Lipinski definition) is 1. The summed E-state index contributed by atoms with van der Waals surface area (Å²) in [4.78, 5) is -0.0382. The Bertz CT molecular complexity index is 848. The number of nitriles is 1. The van der Waals surface area contributed by atoms with Crippen LogP contribution in [0, 0.1) is 11.3 Å². The highest BCUT2D eigenvalue weighted by molar-refractivity contribution is 9.10. The predicted octanol–water partition coefficient (Wildman–Crippen LogP) is 4.43. The number of hydrogen-bond acceptors (Lipinski definition) is 3. The van der Waals surface area contributed by atoms with E-state index < -0.39 is 10.0 Å². The summed E-state index contributed by atoms with van der Waals surface area (Å²) in [6, 6.07) is 10.6. The smallest absolute Gasteiger partial charge is 0.261 e. The maximum Gasteiger partial charge on any atom is 0.261 e. The van der Waals surface area contributed by atoms with Gasteiger partial charge in [0.25, 0.3) is 10.0 Å². The van der Waals surface area contributed by atoms with Crippen molar-refractivity contribution in [2.45, 2.75) is 4.90 Å². The van der Waals surface area contributed by atoms with Crippen molar-refractivity contribution in [3.8, 4) is 6.07 Å². The Hall–Kier alpha value is -1.26. The fraction of sp³-hybridized carbons (Fsp3) is 0. The van der Waals surface area contributed by atoms with Crippen LogP contribution in [-0.4, -0.2) is 8.42 Å². The summed E-state index contributed by atoms with van der Waals surface area (Å²) in [6.07, 6.45) is 0. The summed E-state index contributed by atoms with van der Waals surface area (Å²) in [5, 5.41) is 9.44. The lowest BCUT2D eigenvalue weighted by molar-refractivity contribution is 0.601. The van der Waals surface area contributed by atoms with Crippen molar-refractivity contribution in [1.82, 2.24) is 0 Å². The zero-order chi connectivity index (χ0) is 15.6.